The number of nitrogens with zero attached hydrogens (tertiary/aromatic N) is 1. The minimum atomic E-state index is -1.06. The molecule has 3 aliphatic rings. The van der Waals surface area contributed by atoms with E-state index in [0.717, 1.165) is 23.6 Å². The zero-order valence-corrected chi connectivity index (χ0v) is 24.5. The molecule has 1 spiro atoms. The monoisotopic (exact) mass is 585 g/mol. The van der Waals surface area contributed by atoms with Crippen molar-refractivity contribution < 1.29 is 29.0 Å². The van der Waals surface area contributed by atoms with Gasteiger partial charge in [-0.1, -0.05) is 43.2 Å². The van der Waals surface area contributed by atoms with Crippen LogP contribution in [-0.4, -0.2) is 65.2 Å². The number of rotatable bonds is 12. The number of aliphatic hydroxyl groups is 1. The number of hydrogen-bond donors (Lipinski definition) is 3. The number of hydrogen-bond acceptors (Lipinski definition) is 6. The van der Waals surface area contributed by atoms with Crippen molar-refractivity contribution in [1.82, 2.24) is 4.90 Å². The quantitative estimate of drug-likeness (QED) is 0.264. The fourth-order valence-electron chi connectivity index (χ4n) is 7.25. The average molecular weight is 586 g/mol. The Bertz CT molecular complexity index is 1490. The van der Waals surface area contributed by atoms with Crippen molar-refractivity contribution in [2.45, 2.75) is 63.2 Å². The Hall–Kier alpha value is -3.95. The molecular formula is C34H39N3O6. The molecule has 3 aromatic carbocycles. The zero-order valence-electron chi connectivity index (χ0n) is 24.5. The molecule has 9 heteroatoms. The molecule has 226 valence electrons. The van der Waals surface area contributed by atoms with Gasteiger partial charge in [0.05, 0.1) is 24.5 Å². The highest BCUT2D eigenvalue weighted by Crippen LogP contribution is 2.58. The van der Waals surface area contributed by atoms with E-state index >= 15 is 0 Å². The number of amides is 3. The molecule has 5 atom stereocenters. The van der Waals surface area contributed by atoms with Gasteiger partial charge in [-0.15, -0.1) is 0 Å². The maximum absolute atomic E-state index is 14.1. The normalized spacial score (nSPS) is 25.6. The molecule has 0 radical (unpaired) electrons. The molecule has 9 nitrogen and oxygen atoms in total. The first kappa shape index (κ1) is 29.1. The van der Waals surface area contributed by atoms with Gasteiger partial charge in [-0.05, 0) is 79.8 Å². The zero-order chi connectivity index (χ0) is 30.0. The maximum Gasteiger partial charge on any atom is 0.250 e. The molecule has 6 rings (SSSR count). The first-order chi connectivity index (χ1) is 20.9. The summed E-state index contributed by atoms with van der Waals surface area (Å²) in [5.74, 6) is -1.48. The molecular weight excluding hydrogens is 546 g/mol. The first-order valence-electron chi connectivity index (χ1n) is 15.4. The van der Waals surface area contributed by atoms with Gasteiger partial charge in [-0.2, -0.15) is 0 Å². The van der Waals surface area contributed by atoms with Crippen molar-refractivity contribution in [3.8, 4) is 5.75 Å². The van der Waals surface area contributed by atoms with E-state index in [1.165, 1.54) is 0 Å². The van der Waals surface area contributed by atoms with Crippen LogP contribution in [0.1, 0.15) is 45.4 Å². The summed E-state index contributed by atoms with van der Waals surface area (Å²) in [6, 6.07) is 20.0. The molecule has 3 aliphatic heterocycles. The van der Waals surface area contributed by atoms with Crippen LogP contribution in [0.3, 0.4) is 0 Å². The van der Waals surface area contributed by atoms with Crippen LogP contribution in [-0.2, 0) is 19.1 Å². The van der Waals surface area contributed by atoms with Crippen LogP contribution in [0, 0.1) is 11.8 Å². The highest BCUT2D eigenvalue weighted by molar-refractivity contribution is 6.05. The average Bonchev–Trinajstić information content (AvgIpc) is 3.65. The Morgan fingerprint density at radius 1 is 0.953 bits per heavy atom. The molecule has 43 heavy (non-hydrogen) atoms. The summed E-state index contributed by atoms with van der Waals surface area (Å²) in [5.41, 5.74) is 0.201. The minimum absolute atomic E-state index is 0.130. The van der Waals surface area contributed by atoms with Crippen LogP contribution in [0.5, 0.6) is 5.75 Å². The standard InChI is InChI=1S/C34H39N3O6/c1-2-42-26-15-13-24(14-16-26)35-31(39)28-27-17-18-34(43-27)29(28)33(41)37(19-7-3-4-8-20-38)30(34)32(40)36-25-12-11-22-9-5-6-10-23(22)21-25/h5-6,9-16,21,27-30,38H,2-4,7-8,17-20H2,1H3,(H,35,39)(H,36,40)/t27-,28+,29+,30?,34?/m1/s1. The van der Waals surface area contributed by atoms with Crippen LogP contribution < -0.4 is 15.4 Å². The van der Waals surface area contributed by atoms with Gasteiger partial charge in [0.25, 0.3) is 0 Å². The Morgan fingerprint density at radius 2 is 1.67 bits per heavy atom. The number of fused-ring (bicyclic) bond motifs is 2. The van der Waals surface area contributed by atoms with Crippen molar-refractivity contribution in [2.24, 2.45) is 11.8 Å². The van der Waals surface area contributed by atoms with E-state index < -0.39 is 29.6 Å². The Balaban J connectivity index is 1.25. The molecule has 3 amide bonds. The van der Waals surface area contributed by atoms with Crippen LogP contribution >= 0.6 is 0 Å². The number of aliphatic hydroxyl groups excluding tert-OH is 1. The summed E-state index contributed by atoms with van der Waals surface area (Å²) in [6.07, 6.45) is 3.77. The van der Waals surface area contributed by atoms with Crippen molar-refractivity contribution in [2.75, 3.05) is 30.4 Å². The third-order valence-corrected chi connectivity index (χ3v) is 9.11. The Kier molecular flexibility index (Phi) is 8.36. The number of anilines is 2. The van der Waals surface area contributed by atoms with Crippen molar-refractivity contribution >= 4 is 39.9 Å². The summed E-state index contributed by atoms with van der Waals surface area (Å²) in [5, 5.41) is 17.3. The van der Waals surface area contributed by atoms with E-state index in [1.54, 1.807) is 29.2 Å². The van der Waals surface area contributed by atoms with Gasteiger partial charge in [0.2, 0.25) is 17.7 Å². The van der Waals surface area contributed by atoms with Crippen LogP contribution in [0.2, 0.25) is 0 Å². The molecule has 3 aromatic rings. The molecule has 0 saturated carbocycles. The molecule has 3 saturated heterocycles. The molecule has 0 aliphatic carbocycles. The second-order valence-corrected chi connectivity index (χ2v) is 11.7. The van der Waals surface area contributed by atoms with E-state index in [0.29, 0.717) is 56.0 Å². The predicted octanol–water partition coefficient (Wildman–Crippen LogP) is 4.74. The third kappa shape index (κ3) is 5.47. The molecule has 3 N–H and O–H groups in total. The predicted molar refractivity (Wildman–Crippen MR) is 164 cm³/mol. The Labute approximate surface area is 251 Å². The highest BCUT2D eigenvalue weighted by Gasteiger charge is 2.74. The number of carbonyl (C=O) groups is 3. The smallest absolute Gasteiger partial charge is 0.250 e. The van der Waals surface area contributed by atoms with E-state index in [9.17, 15) is 14.4 Å². The second-order valence-electron chi connectivity index (χ2n) is 11.7. The minimum Gasteiger partial charge on any atom is -0.494 e. The third-order valence-electron chi connectivity index (χ3n) is 9.11. The van der Waals surface area contributed by atoms with Gasteiger partial charge >= 0.3 is 0 Å². The fourth-order valence-corrected chi connectivity index (χ4v) is 7.25. The summed E-state index contributed by atoms with van der Waals surface area (Å²) in [7, 11) is 0. The summed E-state index contributed by atoms with van der Waals surface area (Å²) >= 11 is 0. The van der Waals surface area contributed by atoms with Gasteiger partial charge < -0.3 is 30.1 Å². The van der Waals surface area contributed by atoms with Crippen LogP contribution in [0.25, 0.3) is 10.8 Å². The lowest BCUT2D eigenvalue weighted by atomic mass is 9.70. The fraction of sp³-hybridized carbons (Fsp3) is 0.441. The van der Waals surface area contributed by atoms with E-state index in [1.807, 2.05) is 49.4 Å². The van der Waals surface area contributed by atoms with Gasteiger partial charge in [-0.3, -0.25) is 14.4 Å². The largest absolute Gasteiger partial charge is 0.494 e. The van der Waals surface area contributed by atoms with Crippen molar-refractivity contribution in [3.05, 3.63) is 66.7 Å². The van der Waals surface area contributed by atoms with Crippen LogP contribution in [0.4, 0.5) is 11.4 Å². The molecule has 0 aromatic heterocycles. The number of likely N-dealkylation sites (tertiary alicyclic amines) is 1. The van der Waals surface area contributed by atoms with Gasteiger partial charge in [0.15, 0.2) is 0 Å². The van der Waals surface area contributed by atoms with E-state index in [2.05, 4.69) is 10.6 Å². The number of nitrogens with one attached hydrogen (secondary N) is 2. The van der Waals surface area contributed by atoms with Gasteiger partial charge in [0, 0.05) is 24.5 Å². The Morgan fingerprint density at radius 3 is 2.44 bits per heavy atom. The summed E-state index contributed by atoms with van der Waals surface area (Å²) in [4.78, 5) is 43.6. The number of unbranched alkanes of at least 4 members (excludes halogenated alkanes) is 3. The number of benzene rings is 3. The first-order valence-corrected chi connectivity index (χ1v) is 15.4. The molecule has 3 fully saturated rings. The number of carbonyl (C=O) groups excluding carboxylic acids is 3. The second kappa shape index (κ2) is 12.3. The molecule has 2 bridgehead atoms. The lowest BCUT2D eigenvalue weighted by Crippen LogP contribution is -2.53. The lowest BCUT2D eigenvalue weighted by molar-refractivity contribution is -0.139. The highest BCUT2D eigenvalue weighted by atomic mass is 16.5. The van der Waals surface area contributed by atoms with Crippen LogP contribution in [0.15, 0.2) is 66.7 Å². The van der Waals surface area contributed by atoms with Gasteiger partial charge in [0.1, 0.15) is 17.4 Å². The lowest BCUT2D eigenvalue weighted by Gasteiger charge is -2.33. The summed E-state index contributed by atoms with van der Waals surface area (Å²) in [6.45, 7) is 2.98. The van der Waals surface area contributed by atoms with E-state index in [4.69, 9.17) is 14.6 Å². The van der Waals surface area contributed by atoms with Crippen molar-refractivity contribution in [1.29, 1.82) is 0 Å². The van der Waals surface area contributed by atoms with Crippen molar-refractivity contribution in [3.63, 3.8) is 0 Å². The maximum atomic E-state index is 14.1. The van der Waals surface area contributed by atoms with Gasteiger partial charge in [-0.25, -0.2) is 0 Å². The van der Waals surface area contributed by atoms with E-state index in [-0.39, 0.29) is 24.3 Å². The molecule has 3 heterocycles. The SMILES string of the molecule is CCOc1ccc(NC(=O)[C@@H]2[C@H]3C(=O)N(CCCCCCO)C(C(=O)Nc4ccc5ccccc5c4)C34CC[C@H]2O4)cc1. The topological polar surface area (TPSA) is 117 Å². The molecule has 2 unspecified atom stereocenters. The summed E-state index contributed by atoms with van der Waals surface area (Å²) < 4.78 is 12.1. The number of ether oxygens (including phenoxy) is 2.